The average Bonchev–Trinajstić information content (AvgIpc) is 2.92. The maximum atomic E-state index is 5.93. The van der Waals surface area contributed by atoms with Gasteiger partial charge in [-0.05, 0) is 18.2 Å². The molecule has 0 atom stereocenters. The molecule has 3 aromatic rings. The van der Waals surface area contributed by atoms with Gasteiger partial charge in [-0.15, -0.1) is 0 Å². The lowest BCUT2D eigenvalue weighted by molar-refractivity contribution is 0.388. The fourth-order valence-electron chi connectivity index (χ4n) is 1.88. The Bertz CT molecular complexity index is 664. The highest BCUT2D eigenvalue weighted by Crippen LogP contribution is 2.27. The molecule has 0 aliphatic carbocycles. The van der Waals surface area contributed by atoms with Crippen molar-refractivity contribution in [2.45, 2.75) is 6.54 Å². The van der Waals surface area contributed by atoms with Gasteiger partial charge in [-0.2, -0.15) is 0 Å². The van der Waals surface area contributed by atoms with Crippen molar-refractivity contribution in [3.05, 3.63) is 48.6 Å². The highest BCUT2D eigenvalue weighted by Gasteiger charge is 2.04. The summed E-state index contributed by atoms with van der Waals surface area (Å²) < 4.78 is 5.04. The summed E-state index contributed by atoms with van der Waals surface area (Å²) in [5.74, 6) is 0.781. The van der Waals surface area contributed by atoms with E-state index in [4.69, 9.17) is 10.3 Å². The Balaban J connectivity index is 1.94. The minimum Gasteiger partial charge on any atom is -0.398 e. The monoisotopic (exact) mass is 240 g/mol. The third kappa shape index (κ3) is 1.86. The van der Waals surface area contributed by atoms with Crippen LogP contribution in [-0.2, 0) is 6.54 Å². The number of pyridine rings is 1. The number of nitrogens with two attached hydrogens (primary N) is 1. The number of hydrogen-bond acceptors (Lipinski definition) is 5. The Kier molecular flexibility index (Phi) is 2.57. The van der Waals surface area contributed by atoms with Crippen LogP contribution in [0.1, 0.15) is 5.76 Å². The minimum atomic E-state index is 0.577. The van der Waals surface area contributed by atoms with Crippen molar-refractivity contribution in [2.75, 3.05) is 11.1 Å². The van der Waals surface area contributed by atoms with Gasteiger partial charge in [0.2, 0.25) is 0 Å². The lowest BCUT2D eigenvalue weighted by Crippen LogP contribution is -2.00. The van der Waals surface area contributed by atoms with Gasteiger partial charge in [0.15, 0.2) is 5.76 Å². The van der Waals surface area contributed by atoms with Crippen LogP contribution in [0.3, 0.4) is 0 Å². The first-order valence-corrected chi connectivity index (χ1v) is 5.60. The van der Waals surface area contributed by atoms with Crippen LogP contribution in [0.4, 0.5) is 11.4 Å². The van der Waals surface area contributed by atoms with Gasteiger partial charge in [-0.3, -0.25) is 4.98 Å². The van der Waals surface area contributed by atoms with Gasteiger partial charge in [0.25, 0.3) is 0 Å². The summed E-state index contributed by atoms with van der Waals surface area (Å²) in [5.41, 5.74) is 7.66. The maximum absolute atomic E-state index is 5.93. The quantitative estimate of drug-likeness (QED) is 0.687. The van der Waals surface area contributed by atoms with Gasteiger partial charge in [0.1, 0.15) is 0 Å². The fourth-order valence-corrected chi connectivity index (χ4v) is 1.88. The standard InChI is InChI=1S/C13H12N4O/c14-12-1-2-13(11-8-15-5-4-10(11)12)16-7-9-3-6-17-18-9/h1-6,8,16H,7,14H2. The van der Waals surface area contributed by atoms with Gasteiger partial charge >= 0.3 is 0 Å². The summed E-state index contributed by atoms with van der Waals surface area (Å²) in [5, 5.41) is 8.94. The fraction of sp³-hybridized carbons (Fsp3) is 0.0769. The molecule has 0 unspecified atom stereocenters. The van der Waals surface area contributed by atoms with Crippen molar-refractivity contribution in [2.24, 2.45) is 0 Å². The summed E-state index contributed by atoms with van der Waals surface area (Å²) in [7, 11) is 0. The number of benzene rings is 1. The highest BCUT2D eigenvalue weighted by molar-refractivity contribution is 6.00. The predicted molar refractivity (Wildman–Crippen MR) is 70.0 cm³/mol. The summed E-state index contributed by atoms with van der Waals surface area (Å²) >= 11 is 0. The van der Waals surface area contributed by atoms with E-state index >= 15 is 0 Å². The number of nitrogens with one attached hydrogen (secondary N) is 1. The molecule has 0 bridgehead atoms. The van der Waals surface area contributed by atoms with E-state index in [1.807, 2.05) is 24.3 Å². The number of anilines is 2. The van der Waals surface area contributed by atoms with Gasteiger partial charge in [-0.1, -0.05) is 5.16 Å². The van der Waals surface area contributed by atoms with Crippen molar-refractivity contribution in [3.8, 4) is 0 Å². The SMILES string of the molecule is Nc1ccc(NCc2ccno2)c2cnccc12. The van der Waals surface area contributed by atoms with E-state index in [0.29, 0.717) is 6.54 Å². The van der Waals surface area contributed by atoms with E-state index in [-0.39, 0.29) is 0 Å². The van der Waals surface area contributed by atoms with Gasteiger partial charge in [-0.25, -0.2) is 0 Å². The number of aromatic nitrogens is 2. The molecule has 0 radical (unpaired) electrons. The van der Waals surface area contributed by atoms with Crippen molar-refractivity contribution < 1.29 is 4.52 Å². The number of hydrogen-bond donors (Lipinski definition) is 2. The van der Waals surface area contributed by atoms with E-state index in [0.717, 1.165) is 27.9 Å². The molecule has 0 fully saturated rings. The zero-order valence-electron chi connectivity index (χ0n) is 9.63. The maximum Gasteiger partial charge on any atom is 0.155 e. The minimum absolute atomic E-state index is 0.577. The zero-order valence-corrected chi connectivity index (χ0v) is 9.63. The zero-order chi connectivity index (χ0) is 12.4. The molecule has 1 aromatic carbocycles. The highest BCUT2D eigenvalue weighted by atomic mass is 16.5. The second kappa shape index (κ2) is 4.37. The molecule has 0 aliphatic rings. The molecule has 3 rings (SSSR count). The van der Waals surface area contributed by atoms with Gasteiger partial charge in [0.05, 0.1) is 12.7 Å². The lowest BCUT2D eigenvalue weighted by Gasteiger charge is -2.09. The molecule has 5 heteroatoms. The van der Waals surface area contributed by atoms with Crippen molar-refractivity contribution in [3.63, 3.8) is 0 Å². The summed E-state index contributed by atoms with van der Waals surface area (Å²) in [4.78, 5) is 4.13. The third-order valence-electron chi connectivity index (χ3n) is 2.80. The Morgan fingerprint density at radius 2 is 2.06 bits per heavy atom. The molecule has 0 spiro atoms. The Hall–Kier alpha value is -2.56. The molecule has 18 heavy (non-hydrogen) atoms. The first-order chi connectivity index (χ1) is 8.84. The van der Waals surface area contributed by atoms with Crippen LogP contribution >= 0.6 is 0 Å². The number of nitrogen functional groups attached to an aromatic ring is 1. The van der Waals surface area contributed by atoms with Gasteiger partial charge < -0.3 is 15.6 Å². The topological polar surface area (TPSA) is 77.0 Å². The van der Waals surface area contributed by atoms with E-state index in [1.165, 1.54) is 0 Å². The largest absolute Gasteiger partial charge is 0.398 e. The summed E-state index contributed by atoms with van der Waals surface area (Å²) in [6, 6.07) is 7.55. The van der Waals surface area contributed by atoms with Crippen molar-refractivity contribution in [1.82, 2.24) is 10.1 Å². The van der Waals surface area contributed by atoms with E-state index in [1.54, 1.807) is 18.6 Å². The molecule has 90 valence electrons. The summed E-state index contributed by atoms with van der Waals surface area (Å²) in [6.07, 6.45) is 5.16. The van der Waals surface area contributed by atoms with Crippen LogP contribution in [0, 0.1) is 0 Å². The van der Waals surface area contributed by atoms with Crippen LogP contribution in [0.2, 0.25) is 0 Å². The smallest absolute Gasteiger partial charge is 0.155 e. The molecule has 0 saturated heterocycles. The Morgan fingerprint density at radius 1 is 1.11 bits per heavy atom. The Labute approximate surface area is 104 Å². The van der Waals surface area contributed by atoms with Gasteiger partial charge in [0, 0.05) is 40.6 Å². The molecular formula is C13H12N4O. The molecule has 5 nitrogen and oxygen atoms in total. The van der Waals surface area contributed by atoms with Crippen molar-refractivity contribution in [1.29, 1.82) is 0 Å². The van der Waals surface area contributed by atoms with E-state index in [9.17, 15) is 0 Å². The average molecular weight is 240 g/mol. The first kappa shape index (κ1) is 10.6. The molecule has 2 aromatic heterocycles. The molecule has 2 heterocycles. The molecule has 0 amide bonds. The van der Waals surface area contributed by atoms with Crippen LogP contribution in [0.25, 0.3) is 10.8 Å². The number of nitrogens with zero attached hydrogens (tertiary/aromatic N) is 2. The second-order valence-corrected chi connectivity index (χ2v) is 3.96. The lowest BCUT2D eigenvalue weighted by atomic mass is 10.1. The summed E-state index contributed by atoms with van der Waals surface area (Å²) in [6.45, 7) is 0.577. The second-order valence-electron chi connectivity index (χ2n) is 3.96. The molecule has 0 aliphatic heterocycles. The first-order valence-electron chi connectivity index (χ1n) is 5.60. The van der Waals surface area contributed by atoms with Crippen LogP contribution in [0.15, 0.2) is 47.4 Å². The Morgan fingerprint density at radius 3 is 2.89 bits per heavy atom. The third-order valence-corrected chi connectivity index (χ3v) is 2.80. The number of rotatable bonds is 3. The normalized spacial score (nSPS) is 10.7. The van der Waals surface area contributed by atoms with Crippen molar-refractivity contribution >= 4 is 22.1 Å². The predicted octanol–water partition coefficient (Wildman–Crippen LogP) is 2.42. The van der Waals surface area contributed by atoms with E-state index in [2.05, 4.69) is 15.5 Å². The van der Waals surface area contributed by atoms with Crippen LogP contribution in [-0.4, -0.2) is 10.1 Å². The molecule has 0 saturated carbocycles. The van der Waals surface area contributed by atoms with E-state index < -0.39 is 0 Å². The number of fused-ring (bicyclic) bond motifs is 1. The molecule has 3 N–H and O–H groups in total. The van der Waals surface area contributed by atoms with Crippen LogP contribution in [0.5, 0.6) is 0 Å². The van der Waals surface area contributed by atoms with Crippen LogP contribution < -0.4 is 11.1 Å². The molecular weight excluding hydrogens is 228 g/mol.